The van der Waals surface area contributed by atoms with E-state index in [1.807, 2.05) is 33.0 Å². The van der Waals surface area contributed by atoms with Gasteiger partial charge in [0.25, 0.3) is 0 Å². The molecule has 0 aromatic rings. The summed E-state index contributed by atoms with van der Waals surface area (Å²) in [5.74, 6) is 0.241. The molecule has 0 aliphatic heterocycles. The molecular formula is C8H19ClN2O. The summed E-state index contributed by atoms with van der Waals surface area (Å²) in [4.78, 5) is 11.5. The summed E-state index contributed by atoms with van der Waals surface area (Å²) >= 11 is 5.00. The van der Waals surface area contributed by atoms with Crippen molar-refractivity contribution in [1.82, 2.24) is 4.90 Å². The van der Waals surface area contributed by atoms with Gasteiger partial charge >= 0.3 is 0 Å². The van der Waals surface area contributed by atoms with Gasteiger partial charge in [0, 0.05) is 5.88 Å². The topological polar surface area (TPSA) is 46.3 Å². The smallest absolute Gasteiger partial charge is 0.240 e. The van der Waals surface area contributed by atoms with Crippen LogP contribution in [-0.2, 0) is 4.79 Å². The average molecular weight is 195 g/mol. The summed E-state index contributed by atoms with van der Waals surface area (Å²) in [6.07, 6.45) is 1.06. The van der Waals surface area contributed by atoms with Gasteiger partial charge in [-0.05, 0) is 27.2 Å². The average Bonchev–Trinajstić information content (AvgIpc) is 1.88. The standard InChI is InChI=1S/C3H5NO.C3H9N.C2H5Cl/c1-2-3(4)5;1-4(2)3;1-2-3/h2H,1H2,(H2,4,5);1-3H3;2H2,1H3. The number of primary amides is 1. The van der Waals surface area contributed by atoms with E-state index in [0.29, 0.717) is 0 Å². The largest absolute Gasteiger partial charge is 0.366 e. The molecule has 0 saturated carbocycles. The van der Waals surface area contributed by atoms with Crippen LogP contribution in [0.15, 0.2) is 12.7 Å². The summed E-state index contributed by atoms with van der Waals surface area (Å²) in [5, 5.41) is 0. The number of carbonyl (C=O) groups is 1. The summed E-state index contributed by atoms with van der Waals surface area (Å²) in [7, 11) is 6.00. The first-order valence-corrected chi connectivity index (χ1v) is 4.04. The molecule has 1 amide bonds. The van der Waals surface area contributed by atoms with Crippen LogP contribution in [0.2, 0.25) is 0 Å². The Balaban J connectivity index is -0.000000105. The number of hydrogen-bond acceptors (Lipinski definition) is 2. The highest BCUT2D eigenvalue weighted by Crippen LogP contribution is 1.59. The summed E-state index contributed by atoms with van der Waals surface area (Å²) in [5.41, 5.74) is 4.53. The van der Waals surface area contributed by atoms with Crippen LogP contribution in [0.25, 0.3) is 0 Å². The molecule has 0 spiro atoms. The molecule has 0 rings (SSSR count). The van der Waals surface area contributed by atoms with E-state index < -0.39 is 5.91 Å². The SMILES string of the molecule is C=CC(N)=O.CCCl.CN(C)C. The van der Waals surface area contributed by atoms with E-state index in [2.05, 4.69) is 12.3 Å². The number of rotatable bonds is 1. The zero-order chi connectivity index (χ0) is 10.6. The minimum atomic E-state index is -0.481. The van der Waals surface area contributed by atoms with Gasteiger partial charge in [-0.15, -0.1) is 11.6 Å². The third-order valence-corrected chi connectivity index (χ3v) is 0.201. The van der Waals surface area contributed by atoms with Crippen molar-refractivity contribution in [3.05, 3.63) is 12.7 Å². The zero-order valence-electron chi connectivity index (χ0n) is 8.30. The fraction of sp³-hybridized carbons (Fsp3) is 0.625. The first-order chi connectivity index (χ1) is 5.42. The van der Waals surface area contributed by atoms with Gasteiger partial charge in [-0.3, -0.25) is 4.79 Å². The maximum atomic E-state index is 9.47. The Kier molecular flexibility index (Phi) is 24.6. The van der Waals surface area contributed by atoms with E-state index in [9.17, 15) is 4.79 Å². The second kappa shape index (κ2) is 16.8. The molecule has 0 heterocycles. The molecule has 0 aromatic carbocycles. The van der Waals surface area contributed by atoms with Crippen LogP contribution in [0.5, 0.6) is 0 Å². The van der Waals surface area contributed by atoms with Crippen LogP contribution in [-0.4, -0.2) is 37.8 Å². The number of hydrogen-bond donors (Lipinski definition) is 1. The van der Waals surface area contributed by atoms with Crippen molar-refractivity contribution in [3.63, 3.8) is 0 Å². The Bertz CT molecular complexity index is 102. The third kappa shape index (κ3) is 318. The molecule has 0 radical (unpaired) electrons. The van der Waals surface area contributed by atoms with Gasteiger partial charge in [0.05, 0.1) is 0 Å². The maximum absolute atomic E-state index is 9.47. The highest BCUT2D eigenvalue weighted by Gasteiger charge is 1.69. The minimum Gasteiger partial charge on any atom is -0.366 e. The predicted molar refractivity (Wildman–Crippen MR) is 55.4 cm³/mol. The molecule has 0 unspecified atom stereocenters. The van der Waals surface area contributed by atoms with Crippen molar-refractivity contribution in [2.75, 3.05) is 27.0 Å². The Morgan fingerprint density at radius 1 is 1.58 bits per heavy atom. The molecule has 0 saturated heterocycles. The number of halogens is 1. The molecule has 0 bridgehead atoms. The van der Waals surface area contributed by atoms with E-state index in [1.54, 1.807) is 0 Å². The van der Waals surface area contributed by atoms with Crippen LogP contribution in [0, 0.1) is 0 Å². The van der Waals surface area contributed by atoms with Crippen molar-refractivity contribution < 1.29 is 4.79 Å². The summed E-state index contributed by atoms with van der Waals surface area (Å²) < 4.78 is 0. The fourth-order valence-corrected chi connectivity index (χ4v) is 0. The van der Waals surface area contributed by atoms with Gasteiger partial charge in [0.15, 0.2) is 0 Å². The van der Waals surface area contributed by atoms with E-state index in [1.165, 1.54) is 0 Å². The second-order valence-electron chi connectivity index (χ2n) is 2.22. The van der Waals surface area contributed by atoms with Crippen LogP contribution in [0.3, 0.4) is 0 Å². The summed E-state index contributed by atoms with van der Waals surface area (Å²) in [6.45, 7) is 4.98. The van der Waals surface area contributed by atoms with E-state index in [4.69, 9.17) is 11.6 Å². The van der Waals surface area contributed by atoms with Crippen molar-refractivity contribution in [2.45, 2.75) is 6.92 Å². The Morgan fingerprint density at radius 2 is 1.67 bits per heavy atom. The number of nitrogens with zero attached hydrogens (tertiary/aromatic N) is 1. The van der Waals surface area contributed by atoms with E-state index in [-0.39, 0.29) is 0 Å². The molecule has 4 heteroatoms. The van der Waals surface area contributed by atoms with Crippen LogP contribution < -0.4 is 5.73 Å². The normalized spacial score (nSPS) is 7.17. The Hall–Kier alpha value is -0.540. The number of alkyl halides is 1. The molecule has 0 aromatic heterocycles. The number of carbonyl (C=O) groups excluding carboxylic acids is 1. The van der Waals surface area contributed by atoms with Gasteiger partial charge in [-0.25, -0.2) is 0 Å². The number of nitrogens with two attached hydrogens (primary N) is 1. The lowest BCUT2D eigenvalue weighted by atomic mass is 10.6. The Morgan fingerprint density at radius 3 is 1.67 bits per heavy atom. The second-order valence-corrected chi connectivity index (χ2v) is 2.75. The van der Waals surface area contributed by atoms with Crippen molar-refractivity contribution in [1.29, 1.82) is 0 Å². The lowest BCUT2D eigenvalue weighted by molar-refractivity contribution is -0.113. The molecule has 12 heavy (non-hydrogen) atoms. The highest BCUT2D eigenvalue weighted by molar-refractivity contribution is 6.17. The lowest BCUT2D eigenvalue weighted by Gasteiger charge is -1.90. The van der Waals surface area contributed by atoms with Gasteiger partial charge in [0.2, 0.25) is 5.91 Å². The lowest BCUT2D eigenvalue weighted by Crippen LogP contribution is -2.04. The molecule has 2 N–H and O–H groups in total. The monoisotopic (exact) mass is 194 g/mol. The van der Waals surface area contributed by atoms with Crippen LogP contribution in [0.1, 0.15) is 6.92 Å². The minimum absolute atomic E-state index is 0.481. The van der Waals surface area contributed by atoms with E-state index >= 15 is 0 Å². The molecular weight excluding hydrogens is 176 g/mol. The highest BCUT2D eigenvalue weighted by atomic mass is 35.5. The predicted octanol–water partition coefficient (Wildman–Crippen LogP) is 1.08. The molecule has 0 aliphatic rings. The third-order valence-electron chi connectivity index (χ3n) is 0.201. The summed E-state index contributed by atoms with van der Waals surface area (Å²) in [6, 6.07) is 0. The van der Waals surface area contributed by atoms with Gasteiger partial charge in [0.1, 0.15) is 0 Å². The van der Waals surface area contributed by atoms with Crippen LogP contribution in [0.4, 0.5) is 0 Å². The first kappa shape index (κ1) is 17.5. The Labute approximate surface area is 80.2 Å². The van der Waals surface area contributed by atoms with Gasteiger partial charge in [-0.2, -0.15) is 0 Å². The molecule has 0 fully saturated rings. The molecule has 3 nitrogen and oxygen atoms in total. The fourth-order valence-electron chi connectivity index (χ4n) is 0. The van der Waals surface area contributed by atoms with Crippen molar-refractivity contribution in [2.24, 2.45) is 5.73 Å². The quantitative estimate of drug-likeness (QED) is 0.502. The van der Waals surface area contributed by atoms with Crippen molar-refractivity contribution >= 4 is 17.5 Å². The van der Waals surface area contributed by atoms with Gasteiger partial charge < -0.3 is 10.6 Å². The van der Waals surface area contributed by atoms with Crippen LogP contribution >= 0.6 is 11.6 Å². The number of amides is 1. The zero-order valence-corrected chi connectivity index (χ0v) is 9.06. The van der Waals surface area contributed by atoms with E-state index in [0.717, 1.165) is 12.0 Å². The van der Waals surface area contributed by atoms with Gasteiger partial charge in [-0.1, -0.05) is 13.5 Å². The van der Waals surface area contributed by atoms with Crippen molar-refractivity contribution in [3.8, 4) is 0 Å². The first-order valence-electron chi connectivity index (χ1n) is 3.51. The molecule has 0 aliphatic carbocycles. The molecule has 74 valence electrons. The maximum Gasteiger partial charge on any atom is 0.240 e. The molecule has 0 atom stereocenters.